The fraction of sp³-hybridized carbons (Fsp3) is 0.429. The van der Waals surface area contributed by atoms with Gasteiger partial charge >= 0.3 is 12.1 Å². The number of hydrogen-bond acceptors (Lipinski definition) is 3. The van der Waals surface area contributed by atoms with Crippen LogP contribution in [0.4, 0.5) is 4.79 Å². The molecule has 1 amide bonds. The molecule has 1 atom stereocenters. The van der Waals surface area contributed by atoms with Gasteiger partial charge in [0.25, 0.3) is 0 Å². The molecular weight excluding hydrogens is 162 g/mol. The molecule has 66 valence electrons. The quantitative estimate of drug-likeness (QED) is 0.577. The molecule has 5 heteroatoms. The molecule has 0 fully saturated rings. The summed E-state index contributed by atoms with van der Waals surface area (Å²) in [4.78, 5) is 20.9. The van der Waals surface area contributed by atoms with Crippen molar-refractivity contribution >= 4 is 12.1 Å². The molecule has 0 radical (unpaired) electrons. The van der Waals surface area contributed by atoms with Gasteiger partial charge < -0.3 is 15.2 Å². The van der Waals surface area contributed by atoms with E-state index in [2.05, 4.69) is 16.0 Å². The van der Waals surface area contributed by atoms with E-state index in [9.17, 15) is 9.59 Å². The number of amides is 1. The van der Waals surface area contributed by atoms with Gasteiger partial charge in [-0.1, -0.05) is 0 Å². The lowest BCUT2D eigenvalue weighted by atomic mass is 10.2. The fourth-order valence-electron chi connectivity index (χ4n) is 0.519. The first-order valence-electron chi connectivity index (χ1n) is 3.12. The molecule has 0 saturated heterocycles. The summed E-state index contributed by atoms with van der Waals surface area (Å²) in [5.41, 5.74) is 0. The molecule has 5 nitrogen and oxygen atoms in total. The van der Waals surface area contributed by atoms with Crippen LogP contribution >= 0.6 is 0 Å². The predicted molar refractivity (Wildman–Crippen MR) is 40.4 cm³/mol. The molecule has 0 aliphatic carbocycles. The number of terminal acetylenes is 1. The van der Waals surface area contributed by atoms with Crippen LogP contribution in [0.5, 0.6) is 0 Å². The van der Waals surface area contributed by atoms with Crippen molar-refractivity contribution in [3.63, 3.8) is 0 Å². The number of nitrogens with one attached hydrogen (secondary N) is 1. The van der Waals surface area contributed by atoms with Crippen LogP contribution in [0.25, 0.3) is 0 Å². The van der Waals surface area contributed by atoms with E-state index in [0.717, 1.165) is 7.11 Å². The van der Waals surface area contributed by atoms with Gasteiger partial charge in [-0.15, -0.1) is 12.3 Å². The Hall–Kier alpha value is -1.70. The van der Waals surface area contributed by atoms with E-state index in [1.165, 1.54) is 0 Å². The molecule has 12 heavy (non-hydrogen) atoms. The Morgan fingerprint density at radius 1 is 1.75 bits per heavy atom. The van der Waals surface area contributed by atoms with Gasteiger partial charge in [0, 0.05) is 6.42 Å². The minimum absolute atomic E-state index is 0.0650. The number of carbonyl (C=O) groups is 2. The molecule has 0 aromatic rings. The molecule has 0 spiro atoms. The summed E-state index contributed by atoms with van der Waals surface area (Å²) in [6, 6.07) is -1.08. The topological polar surface area (TPSA) is 75.6 Å². The van der Waals surface area contributed by atoms with E-state index in [1.54, 1.807) is 0 Å². The van der Waals surface area contributed by atoms with Crippen LogP contribution in [-0.2, 0) is 9.53 Å². The zero-order chi connectivity index (χ0) is 9.56. The Balaban J connectivity index is 4.06. The number of hydrogen-bond donors (Lipinski definition) is 2. The lowest BCUT2D eigenvalue weighted by Gasteiger charge is -2.09. The van der Waals surface area contributed by atoms with Crippen molar-refractivity contribution in [2.45, 2.75) is 12.5 Å². The van der Waals surface area contributed by atoms with E-state index < -0.39 is 18.1 Å². The highest BCUT2D eigenvalue weighted by atomic mass is 16.5. The molecule has 0 heterocycles. The van der Waals surface area contributed by atoms with Gasteiger partial charge in [0.1, 0.15) is 6.04 Å². The van der Waals surface area contributed by atoms with E-state index in [4.69, 9.17) is 11.5 Å². The van der Waals surface area contributed by atoms with Crippen LogP contribution in [0.1, 0.15) is 6.42 Å². The molecule has 0 bridgehead atoms. The molecule has 0 aromatic carbocycles. The lowest BCUT2D eigenvalue weighted by molar-refractivity contribution is -0.139. The number of methoxy groups -OCH3 is 1. The minimum Gasteiger partial charge on any atom is -0.480 e. The van der Waals surface area contributed by atoms with Crippen molar-refractivity contribution in [2.24, 2.45) is 0 Å². The highest BCUT2D eigenvalue weighted by Gasteiger charge is 2.18. The number of carboxylic acids is 1. The third kappa shape index (κ3) is 3.46. The van der Waals surface area contributed by atoms with Gasteiger partial charge in [-0.2, -0.15) is 0 Å². The Bertz CT molecular complexity index is 218. The standard InChI is InChI=1S/C7H9NO4/c1-3-4-5(6(9)10)8-7(11)12-2/h1,5H,4H2,2H3,(H,8,11)(H,9,10). The second-order valence-corrected chi connectivity index (χ2v) is 1.93. The first-order chi connectivity index (χ1) is 5.61. The predicted octanol–water partition coefficient (Wildman–Crippen LogP) is -0.181. The summed E-state index contributed by atoms with van der Waals surface area (Å²) in [5.74, 6) is 0.945. The van der Waals surface area contributed by atoms with Crippen molar-refractivity contribution in [3.05, 3.63) is 0 Å². The van der Waals surface area contributed by atoms with E-state index >= 15 is 0 Å². The molecule has 0 rings (SSSR count). The minimum atomic E-state index is -1.18. The Morgan fingerprint density at radius 2 is 2.33 bits per heavy atom. The van der Waals surface area contributed by atoms with Crippen molar-refractivity contribution in [1.29, 1.82) is 0 Å². The van der Waals surface area contributed by atoms with Gasteiger partial charge in [0.2, 0.25) is 0 Å². The van der Waals surface area contributed by atoms with Gasteiger partial charge in [-0.05, 0) is 0 Å². The maximum atomic E-state index is 10.5. The summed E-state index contributed by atoms with van der Waals surface area (Å²) in [6.45, 7) is 0. The van der Waals surface area contributed by atoms with Crippen molar-refractivity contribution in [3.8, 4) is 12.3 Å². The van der Waals surface area contributed by atoms with Crippen molar-refractivity contribution < 1.29 is 19.4 Å². The average Bonchev–Trinajstić information content (AvgIpc) is 2.03. The van der Waals surface area contributed by atoms with Gasteiger partial charge in [-0.25, -0.2) is 9.59 Å². The Labute approximate surface area is 69.7 Å². The monoisotopic (exact) mass is 171 g/mol. The van der Waals surface area contributed by atoms with E-state index in [-0.39, 0.29) is 6.42 Å². The number of rotatable bonds is 3. The zero-order valence-electron chi connectivity index (χ0n) is 6.53. The van der Waals surface area contributed by atoms with Gasteiger partial charge in [0.15, 0.2) is 0 Å². The van der Waals surface area contributed by atoms with Crippen molar-refractivity contribution in [1.82, 2.24) is 5.32 Å². The molecule has 0 aliphatic heterocycles. The maximum Gasteiger partial charge on any atom is 0.407 e. The van der Waals surface area contributed by atoms with Crippen LogP contribution in [0.15, 0.2) is 0 Å². The van der Waals surface area contributed by atoms with Crippen molar-refractivity contribution in [2.75, 3.05) is 7.11 Å². The smallest absolute Gasteiger partial charge is 0.407 e. The number of ether oxygens (including phenoxy) is 1. The molecule has 0 aromatic heterocycles. The Morgan fingerprint density at radius 3 is 2.67 bits per heavy atom. The van der Waals surface area contributed by atoms with Gasteiger partial charge in [-0.3, -0.25) is 0 Å². The largest absolute Gasteiger partial charge is 0.480 e. The van der Waals surface area contributed by atoms with E-state index in [1.807, 2.05) is 0 Å². The normalized spacial score (nSPS) is 11.0. The highest BCUT2D eigenvalue weighted by Crippen LogP contribution is 1.90. The van der Waals surface area contributed by atoms with E-state index in [0.29, 0.717) is 0 Å². The average molecular weight is 171 g/mol. The van der Waals surface area contributed by atoms with Gasteiger partial charge in [0.05, 0.1) is 7.11 Å². The number of alkyl carbamates (subject to hydrolysis) is 1. The van der Waals surface area contributed by atoms with Crippen LogP contribution < -0.4 is 5.32 Å². The zero-order valence-corrected chi connectivity index (χ0v) is 6.53. The third-order valence-electron chi connectivity index (χ3n) is 1.10. The summed E-state index contributed by atoms with van der Waals surface area (Å²) >= 11 is 0. The number of carbonyl (C=O) groups excluding carboxylic acids is 1. The first-order valence-corrected chi connectivity index (χ1v) is 3.12. The molecule has 0 aliphatic rings. The lowest BCUT2D eigenvalue weighted by Crippen LogP contribution is -2.40. The fourth-order valence-corrected chi connectivity index (χ4v) is 0.519. The first kappa shape index (κ1) is 10.3. The second-order valence-electron chi connectivity index (χ2n) is 1.93. The number of aliphatic carboxylic acids is 1. The van der Waals surface area contributed by atoms with Crippen LogP contribution in [0.2, 0.25) is 0 Å². The molecular formula is C7H9NO4. The summed E-state index contributed by atoms with van der Waals surface area (Å²) in [7, 11) is 1.14. The SMILES string of the molecule is C#CCC(NC(=O)OC)C(=O)O. The van der Waals surface area contributed by atoms with Crippen LogP contribution in [0.3, 0.4) is 0 Å². The molecule has 2 N–H and O–H groups in total. The molecule has 0 saturated carbocycles. The summed E-state index contributed by atoms with van der Waals surface area (Å²) in [6.07, 6.45) is 4.01. The second kappa shape index (κ2) is 5.02. The number of carboxylic acid groups (broad SMARTS) is 1. The highest BCUT2D eigenvalue weighted by molar-refractivity contribution is 5.80. The maximum absolute atomic E-state index is 10.5. The Kier molecular flexibility index (Phi) is 4.31. The summed E-state index contributed by atoms with van der Waals surface area (Å²) in [5, 5.41) is 10.5. The molecule has 1 unspecified atom stereocenters. The third-order valence-corrected chi connectivity index (χ3v) is 1.10. The summed E-state index contributed by atoms with van der Waals surface area (Å²) < 4.78 is 4.20. The van der Waals surface area contributed by atoms with Crippen LogP contribution in [0, 0.1) is 12.3 Å². The van der Waals surface area contributed by atoms with Crippen LogP contribution in [-0.4, -0.2) is 30.3 Å².